The lowest BCUT2D eigenvalue weighted by Gasteiger charge is -2.20. The molecule has 146 valence electrons. The molecule has 0 saturated carbocycles. The molecule has 0 aliphatic heterocycles. The third kappa shape index (κ3) is 4.33. The van der Waals surface area contributed by atoms with E-state index in [1.165, 1.54) is 18.2 Å². The number of hydrogen-bond acceptors (Lipinski definition) is 3. The van der Waals surface area contributed by atoms with Crippen LogP contribution in [0, 0.1) is 0 Å². The Morgan fingerprint density at radius 3 is 1.96 bits per heavy atom. The normalized spacial score (nSPS) is 11.9. The summed E-state index contributed by atoms with van der Waals surface area (Å²) in [5, 5.41) is 9.93. The van der Waals surface area contributed by atoms with Gasteiger partial charge in [0.2, 0.25) is 0 Å². The number of para-hydroxylation sites is 1. The molecular formula is C20H13F5O3. The van der Waals surface area contributed by atoms with Crippen LogP contribution in [-0.4, -0.2) is 17.4 Å². The topological polar surface area (TPSA) is 38.7 Å². The minimum Gasteiger partial charge on any atom is -0.507 e. The van der Waals surface area contributed by atoms with Gasteiger partial charge in [-0.05, 0) is 48.0 Å². The highest BCUT2D eigenvalue weighted by atomic mass is 19.4. The Kier molecular flexibility index (Phi) is 5.13. The van der Waals surface area contributed by atoms with Gasteiger partial charge in [0.1, 0.15) is 23.0 Å². The van der Waals surface area contributed by atoms with Gasteiger partial charge in [0.25, 0.3) is 0 Å². The summed E-state index contributed by atoms with van der Waals surface area (Å²) in [6, 6.07) is 17.7. The molecule has 0 amide bonds. The first-order valence-corrected chi connectivity index (χ1v) is 7.96. The smallest absolute Gasteiger partial charge is 0.499 e. The lowest BCUT2D eigenvalue weighted by Crippen LogP contribution is -2.41. The Labute approximate surface area is 156 Å². The molecule has 0 unspecified atom stereocenters. The molecular weight excluding hydrogens is 383 g/mol. The summed E-state index contributed by atoms with van der Waals surface area (Å²) in [6.07, 6.45) is -11.1. The second-order valence-corrected chi connectivity index (χ2v) is 5.74. The first-order valence-electron chi connectivity index (χ1n) is 7.96. The molecule has 0 heterocycles. The van der Waals surface area contributed by atoms with Crippen LogP contribution in [0.5, 0.6) is 23.0 Å². The van der Waals surface area contributed by atoms with Crippen molar-refractivity contribution in [1.29, 1.82) is 0 Å². The molecule has 0 aliphatic rings. The van der Waals surface area contributed by atoms with E-state index in [1.807, 2.05) is 0 Å². The number of phenolic OH excluding ortho intramolecular Hbond substituents is 1. The molecule has 0 saturated heterocycles. The summed E-state index contributed by atoms with van der Waals surface area (Å²) < 4.78 is 71.6. The molecule has 0 spiro atoms. The monoisotopic (exact) mass is 396 g/mol. The zero-order valence-electron chi connectivity index (χ0n) is 14.1. The van der Waals surface area contributed by atoms with Gasteiger partial charge in [-0.15, -0.1) is 0 Å². The largest absolute Gasteiger partial charge is 0.507 e. The fraction of sp³-hybridized carbons (Fsp3) is 0.100. The van der Waals surface area contributed by atoms with Crippen molar-refractivity contribution in [3.63, 3.8) is 0 Å². The van der Waals surface area contributed by atoms with Gasteiger partial charge in [0.05, 0.1) is 0 Å². The molecule has 0 bridgehead atoms. The van der Waals surface area contributed by atoms with Gasteiger partial charge in [-0.2, -0.15) is 22.0 Å². The summed E-state index contributed by atoms with van der Waals surface area (Å²) in [5.41, 5.74) is 1.27. The number of aromatic hydroxyl groups is 1. The first-order chi connectivity index (χ1) is 13.2. The van der Waals surface area contributed by atoms with Gasteiger partial charge in [-0.1, -0.05) is 30.3 Å². The van der Waals surface area contributed by atoms with Crippen LogP contribution in [0.4, 0.5) is 22.0 Å². The van der Waals surface area contributed by atoms with Gasteiger partial charge >= 0.3 is 12.3 Å². The standard InChI is InChI=1S/C20H13F5O3/c21-19(22,23)20(24,25)28-15-10-8-14(9-11-15)27-16-5-3-4-13(12-16)17-6-1-2-7-18(17)26/h1-12,26H. The van der Waals surface area contributed by atoms with E-state index in [4.69, 9.17) is 4.74 Å². The van der Waals surface area contributed by atoms with Crippen LogP contribution < -0.4 is 9.47 Å². The van der Waals surface area contributed by atoms with E-state index < -0.39 is 18.0 Å². The molecule has 3 aromatic carbocycles. The first kappa shape index (κ1) is 19.5. The average molecular weight is 396 g/mol. The van der Waals surface area contributed by atoms with Crippen LogP contribution >= 0.6 is 0 Å². The minimum atomic E-state index is -5.81. The highest BCUT2D eigenvalue weighted by Gasteiger charge is 2.61. The van der Waals surface area contributed by atoms with Gasteiger partial charge < -0.3 is 14.6 Å². The number of halogens is 5. The third-order valence-electron chi connectivity index (χ3n) is 3.68. The number of ether oxygens (including phenoxy) is 2. The Hall–Kier alpha value is -3.29. The summed E-state index contributed by atoms with van der Waals surface area (Å²) >= 11 is 0. The lowest BCUT2D eigenvalue weighted by atomic mass is 10.0. The Morgan fingerprint density at radius 1 is 0.679 bits per heavy atom. The summed E-state index contributed by atoms with van der Waals surface area (Å²) in [7, 11) is 0. The average Bonchev–Trinajstić information content (AvgIpc) is 2.63. The van der Waals surface area contributed by atoms with E-state index >= 15 is 0 Å². The van der Waals surface area contributed by atoms with E-state index in [1.54, 1.807) is 42.5 Å². The van der Waals surface area contributed by atoms with Crippen LogP contribution in [0.2, 0.25) is 0 Å². The molecule has 3 nitrogen and oxygen atoms in total. The maximum Gasteiger partial charge on any atom is 0.499 e. The van der Waals surface area contributed by atoms with Crippen LogP contribution in [-0.2, 0) is 0 Å². The van der Waals surface area contributed by atoms with Crippen LogP contribution in [0.15, 0.2) is 72.8 Å². The Morgan fingerprint density at radius 2 is 1.32 bits per heavy atom. The van der Waals surface area contributed by atoms with Crippen LogP contribution in [0.1, 0.15) is 0 Å². The van der Waals surface area contributed by atoms with Crippen molar-refractivity contribution in [2.24, 2.45) is 0 Å². The number of alkyl halides is 5. The second-order valence-electron chi connectivity index (χ2n) is 5.74. The molecule has 0 aliphatic carbocycles. The lowest BCUT2D eigenvalue weighted by molar-refractivity contribution is -0.360. The van der Waals surface area contributed by atoms with Crippen molar-refractivity contribution < 1.29 is 36.5 Å². The molecule has 3 rings (SSSR count). The minimum absolute atomic E-state index is 0.0896. The Balaban J connectivity index is 1.75. The van der Waals surface area contributed by atoms with Gasteiger partial charge in [-0.25, -0.2) is 0 Å². The predicted molar refractivity (Wildman–Crippen MR) is 91.7 cm³/mol. The van der Waals surface area contributed by atoms with Crippen molar-refractivity contribution >= 4 is 0 Å². The third-order valence-corrected chi connectivity index (χ3v) is 3.68. The van der Waals surface area contributed by atoms with Gasteiger partial charge in [-0.3, -0.25) is 0 Å². The zero-order valence-corrected chi connectivity index (χ0v) is 14.1. The van der Waals surface area contributed by atoms with Gasteiger partial charge in [0, 0.05) is 5.56 Å². The van der Waals surface area contributed by atoms with Crippen molar-refractivity contribution in [1.82, 2.24) is 0 Å². The SMILES string of the molecule is Oc1ccccc1-c1cccc(Oc2ccc(OC(F)(F)C(F)(F)F)cc2)c1. The second kappa shape index (κ2) is 7.38. The number of rotatable bonds is 5. The van der Waals surface area contributed by atoms with E-state index in [0.717, 1.165) is 12.1 Å². The fourth-order valence-corrected chi connectivity index (χ4v) is 2.36. The summed E-state index contributed by atoms with van der Waals surface area (Å²) in [5.74, 6) is 0.0246. The summed E-state index contributed by atoms with van der Waals surface area (Å²) in [6.45, 7) is 0. The van der Waals surface area contributed by atoms with Gasteiger partial charge in [0.15, 0.2) is 0 Å². The van der Waals surface area contributed by atoms with E-state index in [-0.39, 0.29) is 11.5 Å². The predicted octanol–water partition coefficient (Wildman–Crippen LogP) is 6.39. The number of phenols is 1. The fourth-order valence-electron chi connectivity index (χ4n) is 2.36. The van der Waals surface area contributed by atoms with Crippen molar-refractivity contribution in [2.45, 2.75) is 12.3 Å². The van der Waals surface area contributed by atoms with Crippen LogP contribution in [0.25, 0.3) is 11.1 Å². The molecule has 3 aromatic rings. The maximum atomic E-state index is 12.9. The van der Waals surface area contributed by atoms with E-state index in [2.05, 4.69) is 4.74 Å². The molecule has 1 N–H and O–H groups in total. The molecule has 0 aromatic heterocycles. The van der Waals surface area contributed by atoms with Crippen molar-refractivity contribution in [2.75, 3.05) is 0 Å². The maximum absolute atomic E-state index is 12.9. The Bertz CT molecular complexity index is 953. The molecule has 0 atom stereocenters. The number of benzene rings is 3. The molecule has 8 heteroatoms. The highest BCUT2D eigenvalue weighted by Crippen LogP contribution is 2.38. The molecule has 0 fully saturated rings. The van der Waals surface area contributed by atoms with E-state index in [0.29, 0.717) is 16.9 Å². The summed E-state index contributed by atoms with van der Waals surface area (Å²) in [4.78, 5) is 0. The molecule has 0 radical (unpaired) electrons. The van der Waals surface area contributed by atoms with Crippen LogP contribution in [0.3, 0.4) is 0 Å². The highest BCUT2D eigenvalue weighted by molar-refractivity contribution is 5.71. The quantitative estimate of drug-likeness (QED) is 0.508. The van der Waals surface area contributed by atoms with E-state index in [9.17, 15) is 27.1 Å². The number of hydrogen-bond donors (Lipinski definition) is 1. The molecule has 28 heavy (non-hydrogen) atoms. The van der Waals surface area contributed by atoms with Crippen molar-refractivity contribution in [3.05, 3.63) is 72.8 Å². The van der Waals surface area contributed by atoms with Crippen molar-refractivity contribution in [3.8, 4) is 34.1 Å². The zero-order chi connectivity index (χ0) is 20.4.